The minimum Gasteiger partial charge on any atom is -0.493 e. The molecule has 0 heterocycles. The van der Waals surface area contributed by atoms with Crippen molar-refractivity contribution in [3.05, 3.63) is 24.0 Å². The second kappa shape index (κ2) is 7.27. The Labute approximate surface area is 92.0 Å². The minimum absolute atomic E-state index is 0.128. The lowest BCUT2D eigenvalue weighted by Gasteiger charge is -2.05. The van der Waals surface area contributed by atoms with Gasteiger partial charge in [0.1, 0.15) is 0 Å². The van der Waals surface area contributed by atoms with Crippen LogP contribution in [0.3, 0.4) is 0 Å². The molecule has 0 bridgehead atoms. The van der Waals surface area contributed by atoms with E-state index in [4.69, 9.17) is 4.74 Å². The van der Waals surface area contributed by atoms with E-state index >= 15 is 0 Å². The summed E-state index contributed by atoms with van der Waals surface area (Å²) in [5, 5.41) is 0. The number of methoxy groups -OCH3 is 1. The molecule has 15 heavy (non-hydrogen) atoms. The molecule has 0 aromatic rings. The fourth-order valence-electron chi connectivity index (χ4n) is 1.73. The largest absolute Gasteiger partial charge is 0.493 e. The first-order valence-electron chi connectivity index (χ1n) is 5.78. The Hall–Kier alpha value is -1.05. The zero-order valence-corrected chi connectivity index (χ0v) is 9.50. The summed E-state index contributed by atoms with van der Waals surface area (Å²) >= 11 is 0. The van der Waals surface area contributed by atoms with Crippen molar-refractivity contribution < 1.29 is 9.53 Å². The summed E-state index contributed by atoms with van der Waals surface area (Å²) in [5.74, 6) is 0.620. The lowest BCUT2D eigenvalue weighted by atomic mass is 10.1. The van der Waals surface area contributed by atoms with Crippen LogP contribution in [-0.2, 0) is 9.53 Å². The summed E-state index contributed by atoms with van der Waals surface area (Å²) in [5.41, 5.74) is 0. The Morgan fingerprint density at radius 3 is 2.67 bits per heavy atom. The first-order chi connectivity index (χ1) is 7.34. The average molecular weight is 208 g/mol. The van der Waals surface area contributed by atoms with E-state index in [1.807, 2.05) is 6.08 Å². The van der Waals surface area contributed by atoms with Crippen LogP contribution in [0.25, 0.3) is 0 Å². The molecule has 84 valence electrons. The van der Waals surface area contributed by atoms with Crippen molar-refractivity contribution >= 4 is 5.78 Å². The number of carbonyl (C=O) groups excluding carboxylic acids is 1. The fraction of sp³-hybridized carbons (Fsp3) is 0.615. The number of ether oxygens (including phenoxy) is 1. The second-order valence-electron chi connectivity index (χ2n) is 3.89. The highest BCUT2D eigenvalue weighted by Crippen LogP contribution is 2.12. The molecule has 0 aromatic carbocycles. The molecule has 0 spiro atoms. The maximum Gasteiger partial charge on any atom is 0.197 e. The highest BCUT2D eigenvalue weighted by atomic mass is 16.5. The topological polar surface area (TPSA) is 26.3 Å². The normalized spacial score (nSPS) is 20.1. The number of ketones is 1. The van der Waals surface area contributed by atoms with Crippen molar-refractivity contribution in [3.8, 4) is 0 Å². The van der Waals surface area contributed by atoms with Gasteiger partial charge in [-0.25, -0.2) is 0 Å². The SMILES string of the molecule is COC1=CC=CCCCCCCCC1=O. The van der Waals surface area contributed by atoms with Gasteiger partial charge in [-0.2, -0.15) is 0 Å². The molecule has 0 atom stereocenters. The van der Waals surface area contributed by atoms with E-state index in [2.05, 4.69) is 6.08 Å². The Kier molecular flexibility index (Phi) is 5.83. The van der Waals surface area contributed by atoms with Gasteiger partial charge >= 0.3 is 0 Å². The molecule has 0 amide bonds. The number of hydrogen-bond acceptors (Lipinski definition) is 2. The van der Waals surface area contributed by atoms with Crippen LogP contribution < -0.4 is 0 Å². The summed E-state index contributed by atoms with van der Waals surface area (Å²) in [6.45, 7) is 0. The van der Waals surface area contributed by atoms with Crippen molar-refractivity contribution in [2.24, 2.45) is 0 Å². The third-order valence-electron chi connectivity index (χ3n) is 2.65. The molecule has 0 radical (unpaired) electrons. The van der Waals surface area contributed by atoms with Crippen LogP contribution in [0.2, 0.25) is 0 Å². The van der Waals surface area contributed by atoms with Gasteiger partial charge in [0.25, 0.3) is 0 Å². The molecule has 1 aliphatic rings. The monoisotopic (exact) mass is 208 g/mol. The van der Waals surface area contributed by atoms with Gasteiger partial charge in [0.15, 0.2) is 11.5 Å². The molecule has 0 fully saturated rings. The highest BCUT2D eigenvalue weighted by molar-refractivity contribution is 5.93. The lowest BCUT2D eigenvalue weighted by molar-refractivity contribution is -0.118. The molecule has 2 nitrogen and oxygen atoms in total. The van der Waals surface area contributed by atoms with Crippen LogP contribution in [0.1, 0.15) is 44.9 Å². The molecule has 0 saturated heterocycles. The molecule has 0 saturated carbocycles. The standard InChI is InChI=1S/C13H20O2/c1-15-13-11-9-7-5-3-2-4-6-8-10-12(13)14/h7,9,11H,2-6,8,10H2,1H3. The van der Waals surface area contributed by atoms with E-state index in [-0.39, 0.29) is 5.78 Å². The van der Waals surface area contributed by atoms with Crippen LogP contribution in [0.15, 0.2) is 24.0 Å². The number of carbonyl (C=O) groups is 1. The summed E-state index contributed by atoms with van der Waals surface area (Å²) in [4.78, 5) is 11.6. The summed E-state index contributed by atoms with van der Waals surface area (Å²) in [7, 11) is 1.56. The molecular formula is C13H20O2. The predicted octanol–water partition coefficient (Wildman–Crippen LogP) is 3.39. The first-order valence-corrected chi connectivity index (χ1v) is 5.78. The van der Waals surface area contributed by atoms with E-state index in [1.54, 1.807) is 13.2 Å². The van der Waals surface area contributed by atoms with E-state index in [9.17, 15) is 4.79 Å². The average Bonchev–Trinajstić information content (AvgIpc) is 2.23. The van der Waals surface area contributed by atoms with Crippen LogP contribution in [0.4, 0.5) is 0 Å². The molecule has 2 heteroatoms. The second-order valence-corrected chi connectivity index (χ2v) is 3.89. The van der Waals surface area contributed by atoms with Gasteiger partial charge in [0.05, 0.1) is 7.11 Å². The van der Waals surface area contributed by atoms with Crippen LogP contribution >= 0.6 is 0 Å². The molecule has 1 rings (SSSR count). The molecule has 0 unspecified atom stereocenters. The number of hydrogen-bond donors (Lipinski definition) is 0. The van der Waals surface area contributed by atoms with Crippen molar-refractivity contribution in [3.63, 3.8) is 0 Å². The third kappa shape index (κ3) is 4.82. The number of Topliss-reactive ketones (excluding diaryl/α,β-unsaturated/α-hetero) is 1. The van der Waals surface area contributed by atoms with Crippen LogP contribution in [0.5, 0.6) is 0 Å². The first kappa shape index (κ1) is 12.0. The quantitative estimate of drug-likeness (QED) is 0.660. The molecule has 0 N–H and O–H groups in total. The van der Waals surface area contributed by atoms with Crippen LogP contribution in [-0.4, -0.2) is 12.9 Å². The van der Waals surface area contributed by atoms with Gasteiger partial charge in [-0.1, -0.05) is 31.4 Å². The van der Waals surface area contributed by atoms with Gasteiger partial charge in [-0.3, -0.25) is 4.79 Å². The Bertz CT molecular complexity index is 251. The third-order valence-corrected chi connectivity index (χ3v) is 2.65. The fourth-order valence-corrected chi connectivity index (χ4v) is 1.73. The summed E-state index contributed by atoms with van der Waals surface area (Å²) in [6, 6.07) is 0. The smallest absolute Gasteiger partial charge is 0.197 e. The van der Waals surface area contributed by atoms with Crippen molar-refractivity contribution in [1.29, 1.82) is 0 Å². The number of rotatable bonds is 1. The lowest BCUT2D eigenvalue weighted by Crippen LogP contribution is -2.04. The van der Waals surface area contributed by atoms with Gasteiger partial charge in [0, 0.05) is 6.42 Å². The van der Waals surface area contributed by atoms with Gasteiger partial charge in [-0.05, 0) is 25.3 Å². The summed E-state index contributed by atoms with van der Waals surface area (Å²) < 4.78 is 5.07. The van der Waals surface area contributed by atoms with E-state index in [1.165, 1.54) is 19.3 Å². The van der Waals surface area contributed by atoms with E-state index < -0.39 is 0 Å². The van der Waals surface area contributed by atoms with Gasteiger partial charge < -0.3 is 4.74 Å². The molecular weight excluding hydrogens is 188 g/mol. The van der Waals surface area contributed by atoms with E-state index in [0.29, 0.717) is 12.2 Å². The Balaban J connectivity index is 2.59. The van der Waals surface area contributed by atoms with Crippen molar-refractivity contribution in [2.75, 3.05) is 7.11 Å². The zero-order valence-electron chi connectivity index (χ0n) is 9.50. The van der Waals surface area contributed by atoms with Crippen molar-refractivity contribution in [2.45, 2.75) is 44.9 Å². The predicted molar refractivity (Wildman–Crippen MR) is 61.6 cm³/mol. The summed E-state index contributed by atoms with van der Waals surface area (Å²) in [6.07, 6.45) is 13.5. The highest BCUT2D eigenvalue weighted by Gasteiger charge is 2.08. The zero-order chi connectivity index (χ0) is 10.9. The van der Waals surface area contributed by atoms with Gasteiger partial charge in [0.2, 0.25) is 0 Å². The van der Waals surface area contributed by atoms with Gasteiger partial charge in [-0.15, -0.1) is 0 Å². The number of allylic oxidation sites excluding steroid dienone is 4. The Morgan fingerprint density at radius 2 is 1.87 bits per heavy atom. The maximum atomic E-state index is 11.6. The minimum atomic E-state index is 0.128. The molecule has 1 aliphatic carbocycles. The Morgan fingerprint density at radius 1 is 1.13 bits per heavy atom. The molecule has 0 aromatic heterocycles. The molecule has 0 aliphatic heterocycles. The van der Waals surface area contributed by atoms with Crippen LogP contribution in [0, 0.1) is 0 Å². The maximum absolute atomic E-state index is 11.6. The van der Waals surface area contributed by atoms with Crippen molar-refractivity contribution in [1.82, 2.24) is 0 Å². The van der Waals surface area contributed by atoms with E-state index in [0.717, 1.165) is 19.3 Å².